The zero-order valence-electron chi connectivity index (χ0n) is 11.5. The third-order valence-electron chi connectivity index (χ3n) is 2.49. The number of rotatable bonds is 5. The van der Waals surface area contributed by atoms with E-state index < -0.39 is 17.9 Å². The molecule has 0 saturated carbocycles. The van der Waals surface area contributed by atoms with Crippen molar-refractivity contribution in [3.05, 3.63) is 35.7 Å². The van der Waals surface area contributed by atoms with Crippen LogP contribution in [0.3, 0.4) is 0 Å². The Morgan fingerprint density at radius 1 is 1.40 bits per heavy atom. The van der Waals surface area contributed by atoms with E-state index >= 15 is 0 Å². The van der Waals surface area contributed by atoms with Crippen molar-refractivity contribution in [2.24, 2.45) is 0 Å². The number of nitrogens with zero attached hydrogens (tertiary/aromatic N) is 1. The molecule has 1 aromatic carbocycles. The molecular formula is C14H16FNO4. The maximum atomic E-state index is 13.8. The molecule has 20 heavy (non-hydrogen) atoms. The fraction of sp³-hybridized carbons (Fsp3) is 0.286. The minimum Gasteiger partial charge on any atom is -0.478 e. The summed E-state index contributed by atoms with van der Waals surface area (Å²) in [7, 11) is 3.13. The van der Waals surface area contributed by atoms with Crippen LogP contribution in [0.15, 0.2) is 24.3 Å². The number of carboxylic acid groups (broad SMARTS) is 1. The van der Waals surface area contributed by atoms with Crippen LogP contribution in [-0.2, 0) is 9.59 Å². The van der Waals surface area contributed by atoms with Crippen LogP contribution in [-0.4, -0.2) is 42.1 Å². The average molecular weight is 281 g/mol. The normalized spacial score (nSPS) is 12.2. The van der Waals surface area contributed by atoms with Crippen LogP contribution in [0.2, 0.25) is 0 Å². The number of benzene rings is 1. The summed E-state index contributed by atoms with van der Waals surface area (Å²) >= 11 is 0. The number of likely N-dealkylation sites (N-methyl/N-ethyl adjacent to an activating group) is 1. The summed E-state index contributed by atoms with van der Waals surface area (Å²) in [5, 5.41) is 8.60. The van der Waals surface area contributed by atoms with E-state index in [-0.39, 0.29) is 17.2 Å². The van der Waals surface area contributed by atoms with Crippen molar-refractivity contribution < 1.29 is 23.8 Å². The molecule has 108 valence electrons. The molecule has 1 amide bonds. The van der Waals surface area contributed by atoms with Crippen molar-refractivity contribution in [3.8, 4) is 5.75 Å². The predicted molar refractivity (Wildman–Crippen MR) is 71.9 cm³/mol. The van der Waals surface area contributed by atoms with Crippen molar-refractivity contribution in [1.29, 1.82) is 0 Å². The van der Waals surface area contributed by atoms with Crippen molar-refractivity contribution >= 4 is 18.0 Å². The molecule has 0 heterocycles. The first kappa shape index (κ1) is 15.7. The number of carbonyl (C=O) groups is 2. The number of amides is 1. The molecule has 0 aliphatic carbocycles. The van der Waals surface area contributed by atoms with Gasteiger partial charge in [-0.15, -0.1) is 0 Å². The van der Waals surface area contributed by atoms with E-state index in [2.05, 4.69) is 0 Å². The van der Waals surface area contributed by atoms with E-state index in [1.54, 1.807) is 14.1 Å². The van der Waals surface area contributed by atoms with Crippen molar-refractivity contribution in [2.75, 3.05) is 14.1 Å². The van der Waals surface area contributed by atoms with Gasteiger partial charge in [-0.3, -0.25) is 4.79 Å². The zero-order valence-corrected chi connectivity index (χ0v) is 11.5. The van der Waals surface area contributed by atoms with E-state index in [4.69, 9.17) is 9.84 Å². The van der Waals surface area contributed by atoms with Gasteiger partial charge in [0.25, 0.3) is 5.91 Å². The van der Waals surface area contributed by atoms with Gasteiger partial charge in [-0.25, -0.2) is 9.18 Å². The number of aliphatic carboxylic acids is 1. The molecule has 0 bridgehead atoms. The van der Waals surface area contributed by atoms with Gasteiger partial charge in [0.15, 0.2) is 17.7 Å². The number of carboxylic acids is 1. The number of ether oxygens (including phenoxy) is 1. The van der Waals surface area contributed by atoms with Crippen LogP contribution in [0.5, 0.6) is 5.75 Å². The second kappa shape index (κ2) is 6.70. The molecule has 5 nitrogen and oxygen atoms in total. The van der Waals surface area contributed by atoms with Crippen molar-refractivity contribution in [2.45, 2.75) is 13.0 Å². The van der Waals surface area contributed by atoms with Gasteiger partial charge < -0.3 is 14.7 Å². The molecule has 0 aliphatic heterocycles. The molecule has 1 atom stereocenters. The smallest absolute Gasteiger partial charge is 0.328 e. The second-order valence-electron chi connectivity index (χ2n) is 4.32. The highest BCUT2D eigenvalue weighted by molar-refractivity contribution is 5.86. The Kier molecular flexibility index (Phi) is 5.25. The minimum absolute atomic E-state index is 0.146. The molecule has 1 unspecified atom stereocenters. The summed E-state index contributed by atoms with van der Waals surface area (Å²) in [6, 6.07) is 4.12. The standard InChI is InChI=1S/C14H16FNO4/c1-9(14(19)16(2)3)20-13-10(7-8-12(17)18)5-4-6-11(13)15/h4-9H,1-3H3,(H,17,18)/b8-7+. The lowest BCUT2D eigenvalue weighted by Crippen LogP contribution is -2.35. The monoisotopic (exact) mass is 281 g/mol. The Morgan fingerprint density at radius 3 is 2.60 bits per heavy atom. The van der Waals surface area contributed by atoms with Gasteiger partial charge in [-0.05, 0) is 19.1 Å². The second-order valence-corrected chi connectivity index (χ2v) is 4.32. The van der Waals surface area contributed by atoms with E-state index in [0.717, 1.165) is 6.08 Å². The van der Waals surface area contributed by atoms with Crippen molar-refractivity contribution in [1.82, 2.24) is 4.90 Å². The first-order valence-corrected chi connectivity index (χ1v) is 5.90. The summed E-state index contributed by atoms with van der Waals surface area (Å²) in [6.45, 7) is 1.50. The fourth-order valence-electron chi connectivity index (χ4n) is 1.53. The maximum absolute atomic E-state index is 13.8. The third-order valence-corrected chi connectivity index (χ3v) is 2.49. The summed E-state index contributed by atoms with van der Waals surface area (Å²) in [4.78, 5) is 23.5. The lowest BCUT2D eigenvalue weighted by atomic mass is 10.1. The quantitative estimate of drug-likeness (QED) is 0.835. The lowest BCUT2D eigenvalue weighted by molar-refractivity contribution is -0.135. The van der Waals surface area contributed by atoms with Gasteiger partial charge in [-0.2, -0.15) is 0 Å². The van der Waals surface area contributed by atoms with Crippen LogP contribution < -0.4 is 4.74 Å². The Hall–Kier alpha value is -2.37. The van der Waals surface area contributed by atoms with E-state index in [1.807, 2.05) is 0 Å². The first-order valence-electron chi connectivity index (χ1n) is 5.90. The zero-order chi connectivity index (χ0) is 15.3. The largest absolute Gasteiger partial charge is 0.478 e. The molecule has 0 saturated heterocycles. The van der Waals surface area contributed by atoms with Gasteiger partial charge in [0.1, 0.15) is 0 Å². The Labute approximate surface area is 116 Å². The molecule has 0 aliphatic rings. The summed E-state index contributed by atoms with van der Waals surface area (Å²) < 4.78 is 19.1. The van der Waals surface area contributed by atoms with Gasteiger partial charge >= 0.3 is 5.97 Å². The molecular weight excluding hydrogens is 265 g/mol. The van der Waals surface area contributed by atoms with Crippen LogP contribution in [0.4, 0.5) is 4.39 Å². The molecule has 6 heteroatoms. The van der Waals surface area contributed by atoms with E-state index in [0.29, 0.717) is 0 Å². The Morgan fingerprint density at radius 2 is 2.05 bits per heavy atom. The Balaban J connectivity index is 3.04. The van der Waals surface area contributed by atoms with Crippen LogP contribution in [0.25, 0.3) is 6.08 Å². The molecule has 0 spiro atoms. The maximum Gasteiger partial charge on any atom is 0.328 e. The molecule has 0 radical (unpaired) electrons. The van der Waals surface area contributed by atoms with Crippen LogP contribution in [0, 0.1) is 5.82 Å². The van der Waals surface area contributed by atoms with Gasteiger partial charge in [0.05, 0.1) is 0 Å². The Bertz CT molecular complexity index is 540. The number of halogens is 1. The fourth-order valence-corrected chi connectivity index (χ4v) is 1.53. The van der Waals surface area contributed by atoms with E-state index in [9.17, 15) is 14.0 Å². The molecule has 0 fully saturated rings. The predicted octanol–water partition coefficient (Wildman–Crippen LogP) is 1.78. The molecule has 1 N–H and O–H groups in total. The highest BCUT2D eigenvalue weighted by atomic mass is 19.1. The highest BCUT2D eigenvalue weighted by Gasteiger charge is 2.19. The van der Waals surface area contributed by atoms with Gasteiger partial charge in [0, 0.05) is 25.7 Å². The highest BCUT2D eigenvalue weighted by Crippen LogP contribution is 2.25. The number of hydrogen-bond donors (Lipinski definition) is 1. The summed E-state index contributed by atoms with van der Waals surface area (Å²) in [6.07, 6.45) is 1.21. The topological polar surface area (TPSA) is 66.8 Å². The van der Waals surface area contributed by atoms with Crippen LogP contribution >= 0.6 is 0 Å². The van der Waals surface area contributed by atoms with Crippen molar-refractivity contribution in [3.63, 3.8) is 0 Å². The SMILES string of the molecule is CC(Oc1c(F)cccc1/C=C/C(=O)O)C(=O)N(C)C. The molecule has 1 rings (SSSR count). The molecule has 1 aromatic rings. The minimum atomic E-state index is -1.15. The lowest BCUT2D eigenvalue weighted by Gasteiger charge is -2.19. The number of carbonyl (C=O) groups excluding carboxylic acids is 1. The number of hydrogen-bond acceptors (Lipinski definition) is 3. The van der Waals surface area contributed by atoms with E-state index in [1.165, 1.54) is 36.1 Å². The molecule has 0 aromatic heterocycles. The summed E-state index contributed by atoms with van der Waals surface area (Å²) in [5.41, 5.74) is 0.255. The summed E-state index contributed by atoms with van der Waals surface area (Å²) in [5.74, 6) is -2.28. The first-order chi connectivity index (χ1) is 9.32. The van der Waals surface area contributed by atoms with Gasteiger partial charge in [-0.1, -0.05) is 12.1 Å². The number of para-hydroxylation sites is 1. The average Bonchev–Trinajstić information content (AvgIpc) is 2.38. The van der Waals surface area contributed by atoms with Gasteiger partial charge in [0.2, 0.25) is 0 Å². The third kappa shape index (κ3) is 4.08. The van der Waals surface area contributed by atoms with Crippen LogP contribution in [0.1, 0.15) is 12.5 Å².